The third-order valence-corrected chi connectivity index (χ3v) is 8.04. The van der Waals surface area contributed by atoms with E-state index < -0.39 is 10.0 Å². The van der Waals surface area contributed by atoms with E-state index >= 15 is 0 Å². The molecule has 1 atom stereocenters. The van der Waals surface area contributed by atoms with Crippen LogP contribution < -0.4 is 10.1 Å². The van der Waals surface area contributed by atoms with E-state index in [9.17, 15) is 13.2 Å². The molecule has 3 rings (SSSR count). The Morgan fingerprint density at radius 2 is 1.87 bits per heavy atom. The number of carbonyl (C=O) groups is 1. The van der Waals surface area contributed by atoms with Gasteiger partial charge >= 0.3 is 0 Å². The fraction of sp³-hybridized carbons (Fsp3) is 0.435. The summed E-state index contributed by atoms with van der Waals surface area (Å²) in [5.41, 5.74) is 2.21. The van der Waals surface area contributed by atoms with Crippen LogP contribution in [-0.2, 0) is 10.0 Å². The fourth-order valence-corrected chi connectivity index (χ4v) is 5.89. The molecule has 1 unspecified atom stereocenters. The van der Waals surface area contributed by atoms with Crippen LogP contribution in [0.4, 0.5) is 0 Å². The Morgan fingerprint density at radius 1 is 1.16 bits per heavy atom. The summed E-state index contributed by atoms with van der Waals surface area (Å²) >= 11 is 6.23. The van der Waals surface area contributed by atoms with Crippen LogP contribution in [0.5, 0.6) is 5.75 Å². The molecule has 1 amide bonds. The number of ether oxygens (including phenoxy) is 1. The van der Waals surface area contributed by atoms with Gasteiger partial charge in [-0.15, -0.1) is 0 Å². The van der Waals surface area contributed by atoms with Crippen molar-refractivity contribution in [3.05, 3.63) is 58.1 Å². The highest BCUT2D eigenvalue weighted by Gasteiger charge is 2.29. The standard InChI is InChI=1S/C23H29ClN2O4S/c1-4-20(17-9-11-21(30-3)16(2)14-17)25-23(27)18-8-10-19(24)22(15-18)31(28,29)26-12-6-5-7-13-26/h8-11,14-15,20H,4-7,12-13H2,1-3H3,(H,25,27). The molecule has 0 saturated carbocycles. The van der Waals surface area contributed by atoms with Gasteiger partial charge in [0.15, 0.2) is 0 Å². The highest BCUT2D eigenvalue weighted by Crippen LogP contribution is 2.29. The van der Waals surface area contributed by atoms with E-state index in [-0.39, 0.29) is 27.4 Å². The molecule has 8 heteroatoms. The van der Waals surface area contributed by atoms with Crippen LogP contribution in [0.3, 0.4) is 0 Å². The highest BCUT2D eigenvalue weighted by atomic mass is 35.5. The van der Waals surface area contributed by atoms with Crippen molar-refractivity contribution in [2.24, 2.45) is 0 Å². The Morgan fingerprint density at radius 3 is 2.48 bits per heavy atom. The average molecular weight is 465 g/mol. The average Bonchev–Trinajstić information content (AvgIpc) is 2.78. The zero-order chi connectivity index (χ0) is 22.6. The molecular weight excluding hydrogens is 436 g/mol. The minimum atomic E-state index is -3.74. The lowest BCUT2D eigenvalue weighted by molar-refractivity contribution is 0.0935. The minimum absolute atomic E-state index is 0.0166. The number of nitrogens with zero attached hydrogens (tertiary/aromatic N) is 1. The van der Waals surface area contributed by atoms with Gasteiger partial charge in [0, 0.05) is 18.7 Å². The first-order chi connectivity index (χ1) is 14.8. The monoisotopic (exact) mass is 464 g/mol. The summed E-state index contributed by atoms with van der Waals surface area (Å²) < 4.78 is 32.9. The second kappa shape index (κ2) is 10.0. The maximum atomic E-state index is 13.1. The van der Waals surface area contributed by atoms with Crippen molar-refractivity contribution in [2.75, 3.05) is 20.2 Å². The minimum Gasteiger partial charge on any atom is -0.496 e. The maximum absolute atomic E-state index is 13.1. The van der Waals surface area contributed by atoms with Gasteiger partial charge < -0.3 is 10.1 Å². The molecule has 31 heavy (non-hydrogen) atoms. The van der Waals surface area contributed by atoms with Crippen molar-refractivity contribution < 1.29 is 17.9 Å². The Labute approximate surface area is 189 Å². The normalized spacial score (nSPS) is 16.0. The number of carbonyl (C=O) groups excluding carboxylic acids is 1. The van der Waals surface area contributed by atoms with E-state index in [2.05, 4.69) is 5.32 Å². The molecule has 6 nitrogen and oxygen atoms in total. The van der Waals surface area contributed by atoms with Gasteiger partial charge in [-0.25, -0.2) is 8.42 Å². The van der Waals surface area contributed by atoms with Crippen molar-refractivity contribution in [2.45, 2.75) is 50.5 Å². The topological polar surface area (TPSA) is 75.7 Å². The first-order valence-electron chi connectivity index (χ1n) is 10.5. The first kappa shape index (κ1) is 23.6. The lowest BCUT2D eigenvalue weighted by Gasteiger charge is -2.26. The van der Waals surface area contributed by atoms with Crippen LogP contribution in [0.15, 0.2) is 41.3 Å². The number of amides is 1. The first-order valence-corrected chi connectivity index (χ1v) is 12.3. The van der Waals surface area contributed by atoms with Crippen molar-refractivity contribution in [3.63, 3.8) is 0 Å². The molecule has 1 N–H and O–H groups in total. The van der Waals surface area contributed by atoms with Crippen LogP contribution in [0, 0.1) is 6.92 Å². The molecular formula is C23H29ClN2O4S. The zero-order valence-electron chi connectivity index (χ0n) is 18.2. The molecule has 1 saturated heterocycles. The molecule has 0 radical (unpaired) electrons. The molecule has 0 aliphatic carbocycles. The van der Waals surface area contributed by atoms with Crippen LogP contribution in [0.1, 0.15) is 60.1 Å². The number of hydrogen-bond donors (Lipinski definition) is 1. The number of methoxy groups -OCH3 is 1. The number of benzene rings is 2. The van der Waals surface area contributed by atoms with Crippen LogP contribution in [0.2, 0.25) is 5.02 Å². The smallest absolute Gasteiger partial charge is 0.251 e. The van der Waals surface area contributed by atoms with Gasteiger partial charge in [0.25, 0.3) is 5.91 Å². The van der Waals surface area contributed by atoms with Crippen molar-refractivity contribution in [3.8, 4) is 5.75 Å². The molecule has 0 spiro atoms. The summed E-state index contributed by atoms with van der Waals surface area (Å²) in [6.07, 6.45) is 3.36. The predicted molar refractivity (Wildman–Crippen MR) is 122 cm³/mol. The summed E-state index contributed by atoms with van der Waals surface area (Å²) in [5.74, 6) is 0.447. The van der Waals surface area contributed by atoms with E-state index in [1.807, 2.05) is 32.0 Å². The number of piperidine rings is 1. The number of nitrogens with one attached hydrogen (secondary N) is 1. The molecule has 0 bridgehead atoms. The summed E-state index contributed by atoms with van der Waals surface area (Å²) in [4.78, 5) is 13.0. The van der Waals surface area contributed by atoms with Gasteiger partial charge in [-0.1, -0.05) is 37.1 Å². The number of halogens is 1. The zero-order valence-corrected chi connectivity index (χ0v) is 19.7. The van der Waals surface area contributed by atoms with Gasteiger partial charge in [0.05, 0.1) is 18.2 Å². The Bertz CT molecular complexity index is 1050. The molecule has 1 fully saturated rings. The number of rotatable bonds is 7. The van der Waals surface area contributed by atoms with Crippen LogP contribution in [0.25, 0.3) is 0 Å². The Kier molecular flexibility index (Phi) is 7.62. The fourth-order valence-electron chi connectivity index (χ4n) is 3.87. The van der Waals surface area contributed by atoms with Crippen LogP contribution in [-0.4, -0.2) is 38.8 Å². The largest absolute Gasteiger partial charge is 0.496 e. The number of hydrogen-bond acceptors (Lipinski definition) is 4. The summed E-state index contributed by atoms with van der Waals surface area (Å²) in [6.45, 7) is 4.89. The molecule has 1 aliphatic rings. The molecule has 2 aromatic carbocycles. The lowest BCUT2D eigenvalue weighted by atomic mass is 10.0. The molecule has 0 aromatic heterocycles. The highest BCUT2D eigenvalue weighted by molar-refractivity contribution is 7.89. The Hall–Kier alpha value is -2.09. The Balaban J connectivity index is 1.84. The van der Waals surface area contributed by atoms with Crippen molar-refractivity contribution in [1.29, 1.82) is 0 Å². The SMILES string of the molecule is CCC(NC(=O)c1ccc(Cl)c(S(=O)(=O)N2CCCCC2)c1)c1ccc(OC)c(C)c1. The predicted octanol–water partition coefficient (Wildman–Crippen LogP) is 4.71. The second-order valence-corrected chi connectivity index (χ2v) is 10.1. The van der Waals surface area contributed by atoms with E-state index in [1.165, 1.54) is 16.4 Å². The van der Waals surface area contributed by atoms with Gasteiger partial charge in [0.1, 0.15) is 10.6 Å². The number of aryl methyl sites for hydroxylation is 1. The second-order valence-electron chi connectivity index (χ2n) is 7.77. The third-order valence-electron chi connectivity index (χ3n) is 5.66. The number of sulfonamides is 1. The van der Waals surface area contributed by atoms with Gasteiger partial charge in [-0.05, 0) is 61.6 Å². The van der Waals surface area contributed by atoms with Crippen molar-refractivity contribution >= 4 is 27.5 Å². The summed E-state index contributed by atoms with van der Waals surface area (Å²) in [6, 6.07) is 9.99. The quantitative estimate of drug-likeness (QED) is 0.643. The molecule has 1 aliphatic heterocycles. The van der Waals surface area contributed by atoms with Crippen LogP contribution >= 0.6 is 11.6 Å². The third kappa shape index (κ3) is 5.22. The summed E-state index contributed by atoms with van der Waals surface area (Å²) in [7, 11) is -2.12. The molecule has 1 heterocycles. The lowest BCUT2D eigenvalue weighted by Crippen LogP contribution is -2.36. The summed E-state index contributed by atoms with van der Waals surface area (Å²) in [5, 5.41) is 3.14. The van der Waals surface area contributed by atoms with E-state index in [4.69, 9.17) is 16.3 Å². The molecule has 168 valence electrons. The van der Waals surface area contributed by atoms with E-state index in [0.717, 1.165) is 36.1 Å². The molecule has 2 aromatic rings. The van der Waals surface area contributed by atoms with Gasteiger partial charge in [-0.3, -0.25) is 4.79 Å². The van der Waals surface area contributed by atoms with Crippen molar-refractivity contribution in [1.82, 2.24) is 9.62 Å². The maximum Gasteiger partial charge on any atom is 0.251 e. The van der Waals surface area contributed by atoms with Gasteiger partial charge in [0.2, 0.25) is 10.0 Å². The van der Waals surface area contributed by atoms with Gasteiger partial charge in [-0.2, -0.15) is 4.31 Å². The van der Waals surface area contributed by atoms with E-state index in [1.54, 1.807) is 13.2 Å². The van der Waals surface area contributed by atoms with E-state index in [0.29, 0.717) is 19.5 Å².